The number of amides is 2. The van der Waals surface area contributed by atoms with Crippen LogP contribution in [0.5, 0.6) is 0 Å². The van der Waals surface area contributed by atoms with Crippen LogP contribution in [0.25, 0.3) is 0 Å². The maximum absolute atomic E-state index is 13.0. The summed E-state index contributed by atoms with van der Waals surface area (Å²) in [5, 5.41) is 2.78. The number of benzene rings is 1. The highest BCUT2D eigenvalue weighted by Gasteiger charge is 2.31. The van der Waals surface area contributed by atoms with Crippen LogP contribution in [0, 0.1) is 11.7 Å². The number of hydrogen-bond donors (Lipinski definition) is 1. The van der Waals surface area contributed by atoms with Gasteiger partial charge in [0.05, 0.1) is 6.54 Å². The number of rotatable bonds is 5. The molecule has 0 aliphatic carbocycles. The molecule has 0 bridgehead atoms. The molecule has 4 rings (SSSR count). The highest BCUT2D eigenvalue weighted by molar-refractivity contribution is 5.92. The summed E-state index contributed by atoms with van der Waals surface area (Å²) in [7, 11) is 0. The zero-order chi connectivity index (χ0) is 21.6. The Morgan fingerprint density at radius 2 is 1.61 bits per heavy atom. The Labute approximate surface area is 181 Å². The van der Waals surface area contributed by atoms with Crippen molar-refractivity contribution in [3.63, 3.8) is 0 Å². The Morgan fingerprint density at radius 3 is 2.26 bits per heavy atom. The Kier molecular flexibility index (Phi) is 6.71. The monoisotopic (exact) mass is 426 g/mol. The number of nitrogens with one attached hydrogen (secondary N) is 1. The Morgan fingerprint density at radius 1 is 0.968 bits per heavy atom. The summed E-state index contributed by atoms with van der Waals surface area (Å²) < 4.78 is 13.0. The van der Waals surface area contributed by atoms with Gasteiger partial charge >= 0.3 is 0 Å². The summed E-state index contributed by atoms with van der Waals surface area (Å²) >= 11 is 0. The molecule has 0 unspecified atom stereocenters. The molecule has 9 heteroatoms. The molecule has 8 nitrogen and oxygen atoms in total. The van der Waals surface area contributed by atoms with E-state index in [4.69, 9.17) is 0 Å². The first-order valence-corrected chi connectivity index (χ1v) is 10.7. The van der Waals surface area contributed by atoms with Gasteiger partial charge in [-0.05, 0) is 56.3 Å². The van der Waals surface area contributed by atoms with Crippen LogP contribution >= 0.6 is 0 Å². The maximum atomic E-state index is 13.0. The van der Waals surface area contributed by atoms with Crippen molar-refractivity contribution in [1.82, 2.24) is 19.8 Å². The van der Waals surface area contributed by atoms with Gasteiger partial charge in [0.25, 0.3) is 0 Å². The Hall–Kier alpha value is -3.07. The van der Waals surface area contributed by atoms with Gasteiger partial charge in [-0.25, -0.2) is 14.4 Å². The number of carbonyl (C=O) groups is 2. The van der Waals surface area contributed by atoms with Crippen molar-refractivity contribution in [2.45, 2.75) is 12.8 Å². The molecule has 164 valence electrons. The summed E-state index contributed by atoms with van der Waals surface area (Å²) in [6.45, 7) is 4.52. The standard InChI is InChI=1S/C22H27FN6O2/c23-18-2-4-19(5-3-18)26-20(30)16-27-10-6-17(7-11-27)21(31)28-12-14-29(15-13-28)22-24-8-1-9-25-22/h1-5,8-9,17H,6-7,10-16H2,(H,26,30). The minimum Gasteiger partial charge on any atom is -0.339 e. The number of halogens is 1. The number of piperazine rings is 1. The molecule has 0 atom stereocenters. The molecule has 31 heavy (non-hydrogen) atoms. The molecule has 2 aromatic rings. The van der Waals surface area contributed by atoms with E-state index in [-0.39, 0.29) is 30.1 Å². The Bertz CT molecular complexity index is 879. The third-order valence-corrected chi connectivity index (χ3v) is 5.86. The molecule has 3 heterocycles. The lowest BCUT2D eigenvalue weighted by Crippen LogP contribution is -2.52. The predicted molar refractivity (Wildman–Crippen MR) is 115 cm³/mol. The van der Waals surface area contributed by atoms with Crippen LogP contribution in [0.2, 0.25) is 0 Å². The molecular weight excluding hydrogens is 399 g/mol. The van der Waals surface area contributed by atoms with Gasteiger partial charge in [-0.1, -0.05) is 0 Å². The molecule has 1 N–H and O–H groups in total. The topological polar surface area (TPSA) is 81.7 Å². The number of hydrogen-bond acceptors (Lipinski definition) is 6. The van der Waals surface area contributed by atoms with Gasteiger partial charge in [-0.3, -0.25) is 14.5 Å². The molecule has 1 aromatic carbocycles. The minimum atomic E-state index is -0.334. The summed E-state index contributed by atoms with van der Waals surface area (Å²) in [5.41, 5.74) is 0.580. The van der Waals surface area contributed by atoms with E-state index in [9.17, 15) is 14.0 Å². The normalized spacial score (nSPS) is 18.1. The van der Waals surface area contributed by atoms with E-state index in [2.05, 4.69) is 25.1 Å². The fourth-order valence-corrected chi connectivity index (χ4v) is 4.11. The third kappa shape index (κ3) is 5.55. The molecule has 2 amide bonds. The SMILES string of the molecule is O=C(CN1CCC(C(=O)N2CCN(c3ncccn3)CC2)CC1)Nc1ccc(F)cc1. The van der Waals surface area contributed by atoms with Gasteiger partial charge in [0.15, 0.2) is 0 Å². The predicted octanol–water partition coefficient (Wildman–Crippen LogP) is 1.62. The maximum Gasteiger partial charge on any atom is 0.238 e. The number of anilines is 2. The molecule has 2 aliphatic heterocycles. The minimum absolute atomic E-state index is 0.0101. The van der Waals surface area contributed by atoms with Crippen LogP contribution in [-0.4, -0.2) is 77.4 Å². The first-order chi connectivity index (χ1) is 15.1. The number of nitrogens with zero attached hydrogens (tertiary/aromatic N) is 5. The number of piperidine rings is 1. The first-order valence-electron chi connectivity index (χ1n) is 10.7. The lowest BCUT2D eigenvalue weighted by Gasteiger charge is -2.38. The third-order valence-electron chi connectivity index (χ3n) is 5.86. The second-order valence-electron chi connectivity index (χ2n) is 7.97. The quantitative estimate of drug-likeness (QED) is 0.783. The number of aromatic nitrogens is 2. The molecule has 0 saturated carbocycles. The summed E-state index contributed by atoms with van der Waals surface area (Å²) in [6.07, 6.45) is 4.97. The average Bonchev–Trinajstić information content (AvgIpc) is 2.81. The van der Waals surface area contributed by atoms with E-state index in [0.717, 1.165) is 25.9 Å². The summed E-state index contributed by atoms with van der Waals surface area (Å²) in [6, 6.07) is 7.52. The van der Waals surface area contributed by atoms with Crippen LogP contribution in [0.1, 0.15) is 12.8 Å². The fraction of sp³-hybridized carbons (Fsp3) is 0.455. The van der Waals surface area contributed by atoms with E-state index in [1.807, 2.05) is 4.90 Å². The zero-order valence-electron chi connectivity index (χ0n) is 17.4. The molecule has 2 aliphatic rings. The Balaban J connectivity index is 1.19. The fourth-order valence-electron chi connectivity index (χ4n) is 4.11. The molecule has 2 fully saturated rings. The summed E-state index contributed by atoms with van der Waals surface area (Å²) in [4.78, 5) is 39.9. The van der Waals surface area contributed by atoms with Crippen molar-refractivity contribution in [2.24, 2.45) is 5.92 Å². The van der Waals surface area contributed by atoms with Crippen LogP contribution < -0.4 is 10.2 Å². The largest absolute Gasteiger partial charge is 0.339 e. The van der Waals surface area contributed by atoms with Crippen LogP contribution in [0.15, 0.2) is 42.7 Å². The van der Waals surface area contributed by atoms with Gasteiger partial charge in [0, 0.05) is 50.2 Å². The van der Waals surface area contributed by atoms with Crippen molar-refractivity contribution in [1.29, 1.82) is 0 Å². The molecule has 0 spiro atoms. The van der Waals surface area contributed by atoms with Crippen LogP contribution in [0.3, 0.4) is 0 Å². The van der Waals surface area contributed by atoms with E-state index in [0.29, 0.717) is 37.8 Å². The van der Waals surface area contributed by atoms with Gasteiger partial charge in [0.1, 0.15) is 5.82 Å². The highest BCUT2D eigenvalue weighted by Crippen LogP contribution is 2.21. The van der Waals surface area contributed by atoms with E-state index in [1.165, 1.54) is 12.1 Å². The van der Waals surface area contributed by atoms with E-state index in [1.54, 1.807) is 30.6 Å². The van der Waals surface area contributed by atoms with Crippen molar-refractivity contribution in [2.75, 3.05) is 56.0 Å². The lowest BCUT2D eigenvalue weighted by atomic mass is 9.95. The van der Waals surface area contributed by atoms with E-state index < -0.39 is 0 Å². The van der Waals surface area contributed by atoms with Crippen LogP contribution in [-0.2, 0) is 9.59 Å². The smallest absolute Gasteiger partial charge is 0.238 e. The second kappa shape index (κ2) is 9.82. The number of likely N-dealkylation sites (tertiary alicyclic amines) is 1. The molecule has 1 aromatic heterocycles. The first kappa shape index (κ1) is 21.2. The van der Waals surface area contributed by atoms with Crippen molar-refractivity contribution in [3.8, 4) is 0 Å². The van der Waals surface area contributed by atoms with Gasteiger partial charge < -0.3 is 15.1 Å². The zero-order valence-corrected chi connectivity index (χ0v) is 17.4. The molecular formula is C22H27FN6O2. The van der Waals surface area contributed by atoms with E-state index >= 15 is 0 Å². The van der Waals surface area contributed by atoms with Crippen molar-refractivity contribution < 1.29 is 14.0 Å². The number of carbonyl (C=O) groups excluding carboxylic acids is 2. The van der Waals surface area contributed by atoms with Gasteiger partial charge in [0.2, 0.25) is 17.8 Å². The van der Waals surface area contributed by atoms with Gasteiger partial charge in [-0.2, -0.15) is 0 Å². The average molecular weight is 426 g/mol. The molecule has 0 radical (unpaired) electrons. The van der Waals surface area contributed by atoms with Crippen LogP contribution in [0.4, 0.5) is 16.0 Å². The van der Waals surface area contributed by atoms with Gasteiger partial charge in [-0.15, -0.1) is 0 Å². The highest BCUT2D eigenvalue weighted by atomic mass is 19.1. The van der Waals surface area contributed by atoms with Crippen molar-refractivity contribution in [3.05, 3.63) is 48.5 Å². The van der Waals surface area contributed by atoms with Crippen molar-refractivity contribution >= 4 is 23.5 Å². The summed E-state index contributed by atoms with van der Waals surface area (Å²) in [5.74, 6) is 0.469. The molecule has 2 saturated heterocycles. The lowest BCUT2D eigenvalue weighted by molar-refractivity contribution is -0.137. The second-order valence-corrected chi connectivity index (χ2v) is 7.97.